The molecule has 33 heavy (non-hydrogen) atoms. The Hall–Kier alpha value is -3.28. The van der Waals surface area contributed by atoms with E-state index in [4.69, 9.17) is 9.15 Å². The zero-order chi connectivity index (χ0) is 23.9. The van der Waals surface area contributed by atoms with E-state index >= 15 is 0 Å². The number of halogens is 3. The van der Waals surface area contributed by atoms with Gasteiger partial charge in [-0.2, -0.15) is 18.3 Å². The molecule has 1 aliphatic heterocycles. The third-order valence-electron chi connectivity index (χ3n) is 5.40. The number of amides is 1. The number of hydrogen-bond donors (Lipinski definition) is 2. The van der Waals surface area contributed by atoms with Crippen LogP contribution < -0.4 is 10.6 Å². The number of esters is 1. The number of nitrogens with one attached hydrogen (secondary N) is 2. The van der Waals surface area contributed by atoms with E-state index in [1.54, 1.807) is 32.9 Å². The van der Waals surface area contributed by atoms with E-state index in [-0.39, 0.29) is 35.1 Å². The fourth-order valence-electron chi connectivity index (χ4n) is 3.69. The normalized spacial score (nSPS) is 17.9. The molecule has 12 heteroatoms. The van der Waals surface area contributed by atoms with Crippen LogP contribution in [0.15, 0.2) is 28.9 Å². The van der Waals surface area contributed by atoms with Crippen LogP contribution in [0.25, 0.3) is 0 Å². The van der Waals surface area contributed by atoms with Gasteiger partial charge in [-0.3, -0.25) is 4.79 Å². The Balaban J connectivity index is 1.64. The molecule has 0 spiro atoms. The molecule has 1 aliphatic rings. The van der Waals surface area contributed by atoms with Crippen molar-refractivity contribution in [2.24, 2.45) is 0 Å². The number of ether oxygens (including phenoxy) is 1. The van der Waals surface area contributed by atoms with Crippen molar-refractivity contribution >= 4 is 34.0 Å². The van der Waals surface area contributed by atoms with Gasteiger partial charge in [-0.1, -0.05) is 0 Å². The number of carbonyl (C=O) groups excluding carboxylic acids is 2. The average Bonchev–Trinajstić information content (AvgIpc) is 3.46. The third-order valence-corrected chi connectivity index (χ3v) is 6.52. The molecule has 0 saturated heterocycles. The van der Waals surface area contributed by atoms with Gasteiger partial charge in [0.15, 0.2) is 11.7 Å². The van der Waals surface area contributed by atoms with Crippen molar-refractivity contribution in [3.8, 4) is 0 Å². The summed E-state index contributed by atoms with van der Waals surface area (Å²) in [5, 5.41) is 9.75. The fourth-order valence-corrected chi connectivity index (χ4v) is 4.74. The molecule has 3 aromatic rings. The first kappa shape index (κ1) is 22.9. The van der Waals surface area contributed by atoms with E-state index in [1.165, 1.54) is 23.7 Å². The van der Waals surface area contributed by atoms with Gasteiger partial charge in [-0.05, 0) is 38.5 Å². The predicted octanol–water partition coefficient (Wildman–Crippen LogP) is 5.24. The van der Waals surface area contributed by atoms with Crippen LogP contribution in [0.5, 0.6) is 0 Å². The summed E-state index contributed by atoms with van der Waals surface area (Å²) < 4.78 is 52.5. The third kappa shape index (κ3) is 4.34. The molecule has 8 nitrogen and oxygen atoms in total. The minimum atomic E-state index is -4.58. The van der Waals surface area contributed by atoms with Crippen molar-refractivity contribution in [2.75, 3.05) is 17.2 Å². The Morgan fingerprint density at radius 2 is 2.15 bits per heavy atom. The van der Waals surface area contributed by atoms with E-state index in [2.05, 4.69) is 15.7 Å². The lowest BCUT2D eigenvalue weighted by Crippen LogP contribution is -2.35. The second kappa shape index (κ2) is 8.58. The predicted molar refractivity (Wildman–Crippen MR) is 115 cm³/mol. The maximum atomic E-state index is 13.8. The van der Waals surface area contributed by atoms with Crippen LogP contribution in [0.4, 0.5) is 24.0 Å². The number of furan rings is 1. The number of thiophene rings is 1. The van der Waals surface area contributed by atoms with Crippen LogP contribution >= 0.6 is 11.3 Å². The molecule has 4 rings (SSSR count). The summed E-state index contributed by atoms with van der Waals surface area (Å²) >= 11 is 1.18. The molecule has 0 radical (unpaired) electrons. The zero-order valence-corrected chi connectivity index (χ0v) is 18.8. The van der Waals surface area contributed by atoms with Crippen LogP contribution in [0, 0.1) is 13.8 Å². The minimum Gasteiger partial charge on any atom is -0.467 e. The summed E-state index contributed by atoms with van der Waals surface area (Å²) in [7, 11) is 0. The van der Waals surface area contributed by atoms with E-state index in [9.17, 15) is 22.8 Å². The van der Waals surface area contributed by atoms with Gasteiger partial charge in [-0.25, -0.2) is 9.48 Å². The Kier molecular flexibility index (Phi) is 5.95. The number of rotatable bonds is 5. The van der Waals surface area contributed by atoms with E-state index in [0.29, 0.717) is 11.3 Å². The first-order valence-corrected chi connectivity index (χ1v) is 11.0. The van der Waals surface area contributed by atoms with Gasteiger partial charge in [0.05, 0.1) is 24.5 Å². The van der Waals surface area contributed by atoms with Crippen LogP contribution in [0.2, 0.25) is 0 Å². The lowest BCUT2D eigenvalue weighted by Gasteiger charge is -2.32. The van der Waals surface area contributed by atoms with Crippen molar-refractivity contribution in [1.82, 2.24) is 9.78 Å². The molecule has 1 amide bonds. The van der Waals surface area contributed by atoms with Crippen molar-refractivity contribution < 1.29 is 31.9 Å². The fraction of sp³-hybridized carbons (Fsp3) is 0.381. The second-order valence-corrected chi connectivity index (χ2v) is 8.75. The molecular weight excluding hydrogens is 461 g/mol. The number of nitrogens with zero attached hydrogens (tertiary/aromatic N) is 2. The van der Waals surface area contributed by atoms with Gasteiger partial charge in [0.2, 0.25) is 0 Å². The Labute approximate surface area is 190 Å². The molecule has 4 heterocycles. The molecular formula is C21H21F3N4O4S. The molecule has 0 bridgehead atoms. The number of fused-ring (bicyclic) bond motifs is 1. The number of anilines is 2. The van der Waals surface area contributed by atoms with Gasteiger partial charge in [-0.15, -0.1) is 11.3 Å². The molecule has 0 aromatic carbocycles. The van der Waals surface area contributed by atoms with Gasteiger partial charge >= 0.3 is 12.1 Å². The van der Waals surface area contributed by atoms with Crippen molar-refractivity contribution in [2.45, 2.75) is 45.5 Å². The number of carbonyl (C=O) groups is 2. The van der Waals surface area contributed by atoms with Crippen LogP contribution in [0.3, 0.4) is 0 Å². The lowest BCUT2D eigenvalue weighted by molar-refractivity contribution is -0.174. The summed E-state index contributed by atoms with van der Waals surface area (Å²) in [6.45, 7) is 5.35. The molecule has 0 fully saturated rings. The second-order valence-electron chi connectivity index (χ2n) is 7.53. The molecule has 0 saturated carbocycles. The summed E-state index contributed by atoms with van der Waals surface area (Å²) in [6.07, 6.45) is -3.54. The van der Waals surface area contributed by atoms with E-state index < -0.39 is 30.1 Å². The Morgan fingerprint density at radius 3 is 2.79 bits per heavy atom. The van der Waals surface area contributed by atoms with Gasteiger partial charge < -0.3 is 19.8 Å². The SMILES string of the molecule is CCOC(=O)c1c(NC(=O)c2cc3n(n2)[C@@H](C(F)(F)F)C[C@H](c2ccco2)N3)sc(C)c1C. The molecule has 176 valence electrons. The van der Waals surface area contributed by atoms with Gasteiger partial charge in [0.1, 0.15) is 16.6 Å². The summed E-state index contributed by atoms with van der Waals surface area (Å²) in [4.78, 5) is 26.0. The minimum absolute atomic E-state index is 0.0410. The Morgan fingerprint density at radius 1 is 1.39 bits per heavy atom. The Bertz CT molecular complexity index is 1180. The number of aromatic nitrogens is 2. The number of aryl methyl sites for hydroxylation is 1. The molecule has 2 N–H and O–H groups in total. The van der Waals surface area contributed by atoms with Crippen LogP contribution in [-0.2, 0) is 4.74 Å². The van der Waals surface area contributed by atoms with E-state index in [1.807, 2.05) is 0 Å². The summed E-state index contributed by atoms with van der Waals surface area (Å²) in [6, 6.07) is 1.76. The topological polar surface area (TPSA) is 98.4 Å². The summed E-state index contributed by atoms with van der Waals surface area (Å²) in [5.41, 5.74) is 0.671. The quantitative estimate of drug-likeness (QED) is 0.483. The molecule has 0 unspecified atom stereocenters. The summed E-state index contributed by atoms with van der Waals surface area (Å²) in [5.74, 6) is -0.926. The molecule has 3 aromatic heterocycles. The average molecular weight is 482 g/mol. The van der Waals surface area contributed by atoms with Gasteiger partial charge in [0, 0.05) is 17.4 Å². The molecule has 2 atom stereocenters. The van der Waals surface area contributed by atoms with Gasteiger partial charge in [0.25, 0.3) is 5.91 Å². The van der Waals surface area contributed by atoms with Crippen molar-refractivity contribution in [3.05, 3.63) is 51.9 Å². The standard InChI is InChI=1S/C21H21F3N4O4S/c1-4-31-20(30)17-10(2)11(3)33-19(17)26-18(29)13-9-16-25-12(14-6-5-7-32-14)8-15(21(22,23)24)28(16)27-13/h5-7,9,12,15,25H,4,8H2,1-3H3,(H,26,29)/t12-,15-/m1/s1. The van der Waals surface area contributed by atoms with Crippen molar-refractivity contribution in [3.63, 3.8) is 0 Å². The van der Waals surface area contributed by atoms with Crippen molar-refractivity contribution in [1.29, 1.82) is 0 Å². The monoisotopic (exact) mass is 482 g/mol. The smallest absolute Gasteiger partial charge is 0.410 e. The highest BCUT2D eigenvalue weighted by molar-refractivity contribution is 7.16. The zero-order valence-electron chi connectivity index (χ0n) is 17.9. The highest BCUT2D eigenvalue weighted by atomic mass is 32.1. The lowest BCUT2D eigenvalue weighted by atomic mass is 10.0. The first-order valence-electron chi connectivity index (χ1n) is 10.1. The highest BCUT2D eigenvalue weighted by Gasteiger charge is 2.47. The highest BCUT2D eigenvalue weighted by Crippen LogP contribution is 2.44. The molecule has 0 aliphatic carbocycles. The maximum Gasteiger partial charge on any atom is 0.410 e. The number of alkyl halides is 3. The first-order chi connectivity index (χ1) is 15.6. The van der Waals surface area contributed by atoms with Crippen LogP contribution in [-0.4, -0.2) is 34.4 Å². The maximum absolute atomic E-state index is 13.8. The van der Waals surface area contributed by atoms with E-state index in [0.717, 1.165) is 9.56 Å². The largest absolute Gasteiger partial charge is 0.467 e. The number of hydrogen-bond acceptors (Lipinski definition) is 7. The van der Waals surface area contributed by atoms with Crippen LogP contribution in [0.1, 0.15) is 62.5 Å².